The zero-order valence-corrected chi connectivity index (χ0v) is 18.9. The summed E-state index contributed by atoms with van der Waals surface area (Å²) >= 11 is 0. The monoisotopic (exact) mass is 463 g/mol. The molecular formula is C26H23F2N3O3. The van der Waals surface area contributed by atoms with Crippen molar-refractivity contribution in [3.63, 3.8) is 0 Å². The van der Waals surface area contributed by atoms with Gasteiger partial charge in [-0.3, -0.25) is 4.79 Å². The van der Waals surface area contributed by atoms with Gasteiger partial charge >= 0.3 is 0 Å². The molecule has 4 aromatic rings. The molecular weight excluding hydrogens is 440 g/mol. The molecule has 0 radical (unpaired) electrons. The van der Waals surface area contributed by atoms with E-state index in [4.69, 9.17) is 9.47 Å². The minimum atomic E-state index is -0.973. The predicted octanol–water partition coefficient (Wildman–Crippen LogP) is 5.33. The Morgan fingerprint density at radius 2 is 1.74 bits per heavy atom. The van der Waals surface area contributed by atoms with Crippen LogP contribution in [0.4, 0.5) is 8.78 Å². The molecule has 1 atom stereocenters. The number of amides is 1. The molecule has 0 fully saturated rings. The average Bonchev–Trinajstić information content (AvgIpc) is 3.31. The van der Waals surface area contributed by atoms with Gasteiger partial charge in [-0.25, -0.2) is 13.5 Å². The van der Waals surface area contributed by atoms with Crippen molar-refractivity contribution in [2.24, 2.45) is 0 Å². The SMILES string of the molecule is COc1ccc(-c2nn(-c3ccccc3)cc2C(=O)NC(C)c2ccc(F)c(F)c2)c(OC)c1. The van der Waals surface area contributed by atoms with Gasteiger partial charge < -0.3 is 14.8 Å². The predicted molar refractivity (Wildman–Crippen MR) is 124 cm³/mol. The molecule has 1 aromatic heterocycles. The van der Waals surface area contributed by atoms with Gasteiger partial charge in [-0.05, 0) is 48.9 Å². The smallest absolute Gasteiger partial charge is 0.255 e. The molecule has 0 aliphatic carbocycles. The molecule has 174 valence electrons. The molecule has 8 heteroatoms. The summed E-state index contributed by atoms with van der Waals surface area (Å²) in [6, 6.07) is 17.6. The molecule has 0 aliphatic rings. The summed E-state index contributed by atoms with van der Waals surface area (Å²) in [5, 5.41) is 7.51. The zero-order valence-electron chi connectivity index (χ0n) is 18.9. The van der Waals surface area contributed by atoms with Crippen LogP contribution in [0, 0.1) is 11.6 Å². The molecule has 6 nitrogen and oxygen atoms in total. The number of hydrogen-bond donors (Lipinski definition) is 1. The first-order valence-electron chi connectivity index (χ1n) is 10.5. The molecule has 34 heavy (non-hydrogen) atoms. The number of halogens is 2. The van der Waals surface area contributed by atoms with Crippen LogP contribution in [0.5, 0.6) is 11.5 Å². The maximum atomic E-state index is 13.7. The lowest BCUT2D eigenvalue weighted by Crippen LogP contribution is -2.27. The molecule has 3 aromatic carbocycles. The highest BCUT2D eigenvalue weighted by Crippen LogP contribution is 2.35. The second kappa shape index (κ2) is 9.74. The summed E-state index contributed by atoms with van der Waals surface area (Å²) in [6.07, 6.45) is 1.63. The normalized spacial score (nSPS) is 11.7. The van der Waals surface area contributed by atoms with Crippen molar-refractivity contribution < 1.29 is 23.0 Å². The van der Waals surface area contributed by atoms with E-state index in [0.29, 0.717) is 33.9 Å². The third kappa shape index (κ3) is 4.61. The fourth-order valence-electron chi connectivity index (χ4n) is 3.59. The summed E-state index contributed by atoms with van der Waals surface area (Å²) in [6.45, 7) is 1.69. The Bertz CT molecular complexity index is 1320. The van der Waals surface area contributed by atoms with Crippen molar-refractivity contribution in [2.45, 2.75) is 13.0 Å². The second-order valence-corrected chi connectivity index (χ2v) is 7.61. The number of rotatable bonds is 7. The van der Waals surface area contributed by atoms with E-state index in [-0.39, 0.29) is 0 Å². The van der Waals surface area contributed by atoms with E-state index in [1.54, 1.807) is 43.1 Å². The Labute approximate surface area is 195 Å². The molecule has 1 amide bonds. The van der Waals surface area contributed by atoms with Crippen molar-refractivity contribution in [1.82, 2.24) is 15.1 Å². The number of nitrogens with one attached hydrogen (secondary N) is 1. The van der Waals surface area contributed by atoms with Crippen LogP contribution in [-0.2, 0) is 0 Å². The summed E-state index contributed by atoms with van der Waals surface area (Å²) in [4.78, 5) is 13.3. The number of nitrogens with zero attached hydrogens (tertiary/aromatic N) is 2. The highest BCUT2D eigenvalue weighted by Gasteiger charge is 2.23. The lowest BCUT2D eigenvalue weighted by Gasteiger charge is -2.15. The van der Waals surface area contributed by atoms with Crippen molar-refractivity contribution >= 4 is 5.91 Å². The van der Waals surface area contributed by atoms with Crippen molar-refractivity contribution in [3.8, 4) is 28.4 Å². The number of carbonyl (C=O) groups is 1. The van der Waals surface area contributed by atoms with Crippen LogP contribution in [0.15, 0.2) is 72.9 Å². The van der Waals surface area contributed by atoms with Crippen LogP contribution in [0.3, 0.4) is 0 Å². The lowest BCUT2D eigenvalue weighted by atomic mass is 10.0. The number of carbonyl (C=O) groups excluding carboxylic acids is 1. The summed E-state index contributed by atoms with van der Waals surface area (Å²) in [7, 11) is 3.08. The number of methoxy groups -OCH3 is 2. The number of para-hydroxylation sites is 1. The van der Waals surface area contributed by atoms with Crippen LogP contribution < -0.4 is 14.8 Å². The van der Waals surface area contributed by atoms with E-state index in [1.807, 2.05) is 30.3 Å². The van der Waals surface area contributed by atoms with Gasteiger partial charge in [0.15, 0.2) is 11.6 Å². The fraction of sp³-hybridized carbons (Fsp3) is 0.154. The van der Waals surface area contributed by atoms with Crippen LogP contribution in [-0.4, -0.2) is 29.9 Å². The van der Waals surface area contributed by atoms with Crippen LogP contribution >= 0.6 is 0 Å². The van der Waals surface area contributed by atoms with Gasteiger partial charge in [0.1, 0.15) is 17.2 Å². The van der Waals surface area contributed by atoms with E-state index in [1.165, 1.54) is 13.2 Å². The summed E-state index contributed by atoms with van der Waals surface area (Å²) in [5.74, 6) is -1.26. The van der Waals surface area contributed by atoms with Gasteiger partial charge in [0.25, 0.3) is 5.91 Å². The molecule has 0 aliphatic heterocycles. The van der Waals surface area contributed by atoms with Crippen LogP contribution in [0.2, 0.25) is 0 Å². The summed E-state index contributed by atoms with van der Waals surface area (Å²) in [5.41, 5.74) is 2.50. The maximum Gasteiger partial charge on any atom is 0.255 e. The molecule has 4 rings (SSSR count). The zero-order chi connectivity index (χ0) is 24.2. The van der Waals surface area contributed by atoms with E-state index in [0.717, 1.165) is 17.8 Å². The first-order chi connectivity index (χ1) is 16.4. The largest absolute Gasteiger partial charge is 0.497 e. The first kappa shape index (κ1) is 23.0. The highest BCUT2D eigenvalue weighted by atomic mass is 19.2. The molecule has 0 saturated heterocycles. The number of ether oxygens (including phenoxy) is 2. The Morgan fingerprint density at radius 1 is 0.971 bits per heavy atom. The fourth-order valence-corrected chi connectivity index (χ4v) is 3.59. The van der Waals surface area contributed by atoms with Gasteiger partial charge in [-0.1, -0.05) is 24.3 Å². The highest BCUT2D eigenvalue weighted by molar-refractivity contribution is 6.00. The topological polar surface area (TPSA) is 65.4 Å². The molecule has 1 unspecified atom stereocenters. The van der Waals surface area contributed by atoms with Crippen LogP contribution in [0.1, 0.15) is 28.9 Å². The molecule has 0 spiro atoms. The van der Waals surface area contributed by atoms with Crippen LogP contribution in [0.25, 0.3) is 16.9 Å². The minimum absolute atomic E-state index is 0.293. The second-order valence-electron chi connectivity index (χ2n) is 7.61. The van der Waals surface area contributed by atoms with Gasteiger partial charge in [0, 0.05) is 17.8 Å². The third-order valence-corrected chi connectivity index (χ3v) is 5.43. The number of aromatic nitrogens is 2. The quantitative estimate of drug-likeness (QED) is 0.403. The summed E-state index contributed by atoms with van der Waals surface area (Å²) < 4.78 is 39.4. The van der Waals surface area contributed by atoms with Crippen molar-refractivity contribution in [3.05, 3.63) is 95.7 Å². The Balaban J connectivity index is 1.75. The van der Waals surface area contributed by atoms with E-state index in [2.05, 4.69) is 10.4 Å². The van der Waals surface area contributed by atoms with Gasteiger partial charge in [0.05, 0.1) is 31.5 Å². The molecule has 0 bridgehead atoms. The standard InChI is InChI=1S/C26H23F2N3O3/c1-16(17-9-12-22(27)23(28)13-17)29-26(32)21-15-31(18-7-5-4-6-8-18)30-25(21)20-11-10-19(33-2)14-24(20)34-3/h4-16H,1-3H3,(H,29,32). The van der Waals surface area contributed by atoms with Crippen molar-refractivity contribution in [1.29, 1.82) is 0 Å². The number of hydrogen-bond acceptors (Lipinski definition) is 4. The van der Waals surface area contributed by atoms with E-state index >= 15 is 0 Å². The van der Waals surface area contributed by atoms with Crippen molar-refractivity contribution in [2.75, 3.05) is 14.2 Å². The molecule has 1 N–H and O–H groups in total. The molecule has 1 heterocycles. The first-order valence-corrected chi connectivity index (χ1v) is 10.5. The Morgan fingerprint density at radius 3 is 2.41 bits per heavy atom. The minimum Gasteiger partial charge on any atom is -0.497 e. The molecule has 0 saturated carbocycles. The Kier molecular flexibility index (Phi) is 6.58. The third-order valence-electron chi connectivity index (χ3n) is 5.43. The van der Waals surface area contributed by atoms with Gasteiger partial charge in [-0.2, -0.15) is 5.10 Å². The van der Waals surface area contributed by atoms with E-state index < -0.39 is 23.6 Å². The van der Waals surface area contributed by atoms with Gasteiger partial charge in [0.2, 0.25) is 0 Å². The van der Waals surface area contributed by atoms with Gasteiger partial charge in [-0.15, -0.1) is 0 Å². The number of benzene rings is 3. The Hall–Kier alpha value is -4.20. The average molecular weight is 463 g/mol. The lowest BCUT2D eigenvalue weighted by molar-refractivity contribution is 0.0940. The van der Waals surface area contributed by atoms with E-state index in [9.17, 15) is 13.6 Å². The maximum absolute atomic E-state index is 13.7.